The lowest BCUT2D eigenvalue weighted by molar-refractivity contribution is 0.102. The Kier molecular flexibility index (Phi) is 6.49. The smallest absolute Gasteiger partial charge is 0.255 e. The van der Waals surface area contributed by atoms with Gasteiger partial charge in [-0.3, -0.25) is 4.79 Å². The van der Waals surface area contributed by atoms with Crippen molar-refractivity contribution in [2.75, 3.05) is 11.9 Å². The number of carbonyl (C=O) groups excluding carboxylic acids is 1. The average molecular weight is 426 g/mol. The van der Waals surface area contributed by atoms with E-state index < -0.39 is 0 Å². The van der Waals surface area contributed by atoms with Crippen LogP contribution in [-0.4, -0.2) is 12.5 Å². The van der Waals surface area contributed by atoms with Gasteiger partial charge in [0.1, 0.15) is 18.1 Å². The van der Waals surface area contributed by atoms with Crippen LogP contribution in [0.15, 0.2) is 77.3 Å². The molecule has 5 heteroatoms. The number of rotatable bonds is 7. The highest BCUT2D eigenvalue weighted by Crippen LogP contribution is 2.28. The van der Waals surface area contributed by atoms with Crippen LogP contribution in [0.25, 0.3) is 0 Å². The quantitative estimate of drug-likeness (QED) is 0.529. The first kappa shape index (κ1) is 19.0. The van der Waals surface area contributed by atoms with Gasteiger partial charge >= 0.3 is 0 Å². The monoisotopic (exact) mass is 425 g/mol. The summed E-state index contributed by atoms with van der Waals surface area (Å²) in [6.07, 6.45) is 0. The number of benzene rings is 3. The highest BCUT2D eigenvalue weighted by atomic mass is 79.9. The summed E-state index contributed by atoms with van der Waals surface area (Å²) in [7, 11) is 0. The van der Waals surface area contributed by atoms with Crippen LogP contribution in [0.3, 0.4) is 0 Å². The van der Waals surface area contributed by atoms with Crippen LogP contribution in [0.5, 0.6) is 11.5 Å². The zero-order valence-electron chi connectivity index (χ0n) is 14.9. The summed E-state index contributed by atoms with van der Waals surface area (Å²) in [5.41, 5.74) is 2.22. The molecule has 0 aromatic heterocycles. The van der Waals surface area contributed by atoms with E-state index in [1.807, 2.05) is 61.5 Å². The van der Waals surface area contributed by atoms with Crippen molar-refractivity contribution in [3.63, 3.8) is 0 Å². The Morgan fingerprint density at radius 3 is 2.41 bits per heavy atom. The first-order valence-electron chi connectivity index (χ1n) is 8.67. The summed E-state index contributed by atoms with van der Waals surface area (Å²) in [5, 5.41) is 2.92. The number of ether oxygens (including phenoxy) is 2. The third kappa shape index (κ3) is 5.11. The van der Waals surface area contributed by atoms with E-state index in [4.69, 9.17) is 9.47 Å². The normalized spacial score (nSPS) is 10.3. The van der Waals surface area contributed by atoms with Crippen LogP contribution in [0.4, 0.5) is 5.69 Å². The molecule has 3 aromatic rings. The Labute approximate surface area is 167 Å². The fourth-order valence-corrected chi connectivity index (χ4v) is 3.03. The van der Waals surface area contributed by atoms with Crippen LogP contribution < -0.4 is 14.8 Å². The second kappa shape index (κ2) is 9.24. The van der Waals surface area contributed by atoms with Gasteiger partial charge in [-0.1, -0.05) is 42.5 Å². The zero-order valence-corrected chi connectivity index (χ0v) is 16.5. The molecular weight excluding hydrogens is 406 g/mol. The number of carbonyl (C=O) groups is 1. The molecular formula is C22H20BrNO3. The molecule has 0 saturated carbocycles. The molecule has 27 heavy (non-hydrogen) atoms. The molecule has 138 valence electrons. The fraction of sp³-hybridized carbons (Fsp3) is 0.136. The van der Waals surface area contributed by atoms with Crippen LogP contribution >= 0.6 is 15.9 Å². The van der Waals surface area contributed by atoms with Crippen LogP contribution in [0.1, 0.15) is 22.8 Å². The second-order valence-electron chi connectivity index (χ2n) is 5.80. The maximum Gasteiger partial charge on any atom is 0.255 e. The summed E-state index contributed by atoms with van der Waals surface area (Å²) in [4.78, 5) is 12.6. The molecule has 0 aliphatic carbocycles. The van der Waals surface area contributed by atoms with Crippen molar-refractivity contribution in [1.29, 1.82) is 0 Å². The molecule has 4 nitrogen and oxygen atoms in total. The van der Waals surface area contributed by atoms with E-state index >= 15 is 0 Å². The second-order valence-corrected chi connectivity index (χ2v) is 6.66. The Bertz CT molecular complexity index is 912. The van der Waals surface area contributed by atoms with Crippen LogP contribution in [-0.2, 0) is 6.61 Å². The van der Waals surface area contributed by atoms with Gasteiger partial charge in [0.15, 0.2) is 0 Å². The number of halogens is 1. The standard InChI is InChI=1S/C22H20BrNO3/c1-2-26-20-13-12-17(14-18(20)23)22(25)24-19-10-6-7-11-21(19)27-15-16-8-4-3-5-9-16/h3-14H,2,15H2,1H3,(H,24,25). The maximum absolute atomic E-state index is 12.6. The average Bonchev–Trinajstić information content (AvgIpc) is 2.70. The lowest BCUT2D eigenvalue weighted by Crippen LogP contribution is -2.13. The Morgan fingerprint density at radius 1 is 0.926 bits per heavy atom. The minimum Gasteiger partial charge on any atom is -0.493 e. The van der Waals surface area contributed by atoms with Gasteiger partial charge in [-0.15, -0.1) is 0 Å². The van der Waals surface area contributed by atoms with Gasteiger partial charge in [0.25, 0.3) is 5.91 Å². The topological polar surface area (TPSA) is 47.6 Å². The van der Waals surface area contributed by atoms with Crippen LogP contribution in [0, 0.1) is 0 Å². The molecule has 0 heterocycles. The minimum absolute atomic E-state index is 0.213. The highest BCUT2D eigenvalue weighted by molar-refractivity contribution is 9.10. The number of nitrogens with one attached hydrogen (secondary N) is 1. The lowest BCUT2D eigenvalue weighted by atomic mass is 10.2. The Balaban J connectivity index is 1.72. The first-order chi connectivity index (χ1) is 13.2. The Hall–Kier alpha value is -2.79. The zero-order chi connectivity index (χ0) is 19.1. The first-order valence-corrected chi connectivity index (χ1v) is 9.46. The van der Waals surface area contributed by atoms with E-state index in [1.54, 1.807) is 18.2 Å². The summed E-state index contributed by atoms with van der Waals surface area (Å²) in [6.45, 7) is 2.91. The molecule has 0 unspecified atom stereocenters. The number of amides is 1. The molecule has 0 saturated heterocycles. The van der Waals surface area contributed by atoms with Crippen molar-refractivity contribution >= 4 is 27.5 Å². The van der Waals surface area contributed by atoms with E-state index in [1.165, 1.54) is 0 Å². The SMILES string of the molecule is CCOc1ccc(C(=O)Nc2ccccc2OCc2ccccc2)cc1Br. The van der Waals surface area contributed by atoms with Gasteiger partial charge in [0.2, 0.25) is 0 Å². The lowest BCUT2D eigenvalue weighted by Gasteiger charge is -2.13. The van der Waals surface area contributed by atoms with Crippen molar-refractivity contribution in [2.45, 2.75) is 13.5 Å². The molecule has 1 N–H and O–H groups in total. The molecule has 0 aliphatic rings. The third-order valence-electron chi connectivity index (χ3n) is 3.87. The van der Waals surface area contributed by atoms with Crippen molar-refractivity contribution in [3.05, 3.63) is 88.4 Å². The van der Waals surface area contributed by atoms with Gasteiger partial charge in [0.05, 0.1) is 16.8 Å². The molecule has 0 radical (unpaired) electrons. The van der Waals surface area contributed by atoms with Crippen molar-refractivity contribution < 1.29 is 14.3 Å². The summed E-state index contributed by atoms with van der Waals surface area (Å²) >= 11 is 3.44. The summed E-state index contributed by atoms with van der Waals surface area (Å²) in [6, 6.07) is 22.6. The molecule has 0 fully saturated rings. The maximum atomic E-state index is 12.6. The van der Waals surface area contributed by atoms with E-state index in [0.717, 1.165) is 10.0 Å². The van der Waals surface area contributed by atoms with Crippen LogP contribution in [0.2, 0.25) is 0 Å². The van der Waals surface area contributed by atoms with E-state index in [0.29, 0.717) is 36.0 Å². The van der Waals surface area contributed by atoms with Crippen molar-refractivity contribution in [2.24, 2.45) is 0 Å². The predicted octanol–water partition coefficient (Wildman–Crippen LogP) is 5.68. The fourth-order valence-electron chi connectivity index (χ4n) is 2.54. The largest absolute Gasteiger partial charge is 0.493 e. The molecule has 0 aliphatic heterocycles. The van der Waals surface area contributed by atoms with Gasteiger partial charge in [-0.25, -0.2) is 0 Å². The molecule has 0 spiro atoms. The predicted molar refractivity (Wildman–Crippen MR) is 110 cm³/mol. The van der Waals surface area contributed by atoms with Gasteiger partial charge in [-0.2, -0.15) is 0 Å². The van der Waals surface area contributed by atoms with Crippen molar-refractivity contribution in [3.8, 4) is 11.5 Å². The number of para-hydroxylation sites is 2. The summed E-state index contributed by atoms with van der Waals surface area (Å²) < 4.78 is 12.1. The van der Waals surface area contributed by atoms with Gasteiger partial charge < -0.3 is 14.8 Å². The molecule has 0 bridgehead atoms. The number of hydrogen-bond acceptors (Lipinski definition) is 3. The Morgan fingerprint density at radius 2 is 1.67 bits per heavy atom. The molecule has 1 amide bonds. The highest BCUT2D eigenvalue weighted by Gasteiger charge is 2.12. The summed E-state index contributed by atoms with van der Waals surface area (Å²) in [5.74, 6) is 1.12. The van der Waals surface area contributed by atoms with E-state index in [2.05, 4.69) is 21.2 Å². The molecule has 0 atom stereocenters. The minimum atomic E-state index is -0.213. The van der Waals surface area contributed by atoms with Gasteiger partial charge in [0, 0.05) is 5.56 Å². The van der Waals surface area contributed by atoms with Crippen molar-refractivity contribution in [1.82, 2.24) is 0 Å². The number of anilines is 1. The van der Waals surface area contributed by atoms with E-state index in [9.17, 15) is 4.79 Å². The number of hydrogen-bond donors (Lipinski definition) is 1. The molecule has 3 rings (SSSR count). The molecule has 3 aromatic carbocycles. The van der Waals surface area contributed by atoms with Gasteiger partial charge in [-0.05, 0) is 58.7 Å². The third-order valence-corrected chi connectivity index (χ3v) is 4.49. The van der Waals surface area contributed by atoms with E-state index in [-0.39, 0.29) is 5.91 Å².